The van der Waals surface area contributed by atoms with Gasteiger partial charge < -0.3 is 9.84 Å². The molecule has 88 valence electrons. The van der Waals surface area contributed by atoms with Gasteiger partial charge in [-0.1, -0.05) is 46.0 Å². The molecule has 0 aliphatic carbocycles. The predicted molar refractivity (Wildman–Crippen MR) is 60.3 cm³/mol. The molecule has 0 bridgehead atoms. The summed E-state index contributed by atoms with van der Waals surface area (Å²) in [6.07, 6.45) is 7.01. The lowest BCUT2D eigenvalue weighted by molar-refractivity contribution is -0.137. The number of ether oxygens (including phenoxy) is 1. The van der Waals surface area contributed by atoms with E-state index in [0.29, 0.717) is 0 Å². The SMILES string of the molecule is CCCCCCC.CO.COC(C)=O. The highest BCUT2D eigenvalue weighted by Crippen LogP contribution is 2.00. The summed E-state index contributed by atoms with van der Waals surface area (Å²) in [4.78, 5) is 9.59. The summed E-state index contributed by atoms with van der Waals surface area (Å²) in [5.74, 6) is -0.245. The third kappa shape index (κ3) is 42.2. The van der Waals surface area contributed by atoms with Crippen LogP contribution < -0.4 is 0 Å². The van der Waals surface area contributed by atoms with Crippen LogP contribution in [0.25, 0.3) is 0 Å². The van der Waals surface area contributed by atoms with Crippen LogP contribution in [0.15, 0.2) is 0 Å². The van der Waals surface area contributed by atoms with Gasteiger partial charge in [-0.05, 0) is 0 Å². The van der Waals surface area contributed by atoms with E-state index in [4.69, 9.17) is 5.11 Å². The Morgan fingerprint density at radius 1 is 1.07 bits per heavy atom. The second-order valence-electron chi connectivity index (χ2n) is 2.76. The Morgan fingerprint density at radius 3 is 1.50 bits per heavy atom. The summed E-state index contributed by atoms with van der Waals surface area (Å²) >= 11 is 0. The molecule has 3 nitrogen and oxygen atoms in total. The Morgan fingerprint density at radius 2 is 1.36 bits per heavy atom. The molecule has 1 N–H and O–H groups in total. The first kappa shape index (κ1) is 19.1. The van der Waals surface area contributed by atoms with Gasteiger partial charge in [-0.15, -0.1) is 0 Å². The van der Waals surface area contributed by atoms with E-state index in [1.807, 2.05) is 0 Å². The molecule has 0 aliphatic rings. The van der Waals surface area contributed by atoms with Crippen molar-refractivity contribution in [3.63, 3.8) is 0 Å². The number of carbonyl (C=O) groups excluding carboxylic acids is 1. The lowest BCUT2D eigenvalue weighted by Gasteiger charge is -1.90. The van der Waals surface area contributed by atoms with Gasteiger partial charge in [0.05, 0.1) is 7.11 Å². The lowest BCUT2D eigenvalue weighted by Crippen LogP contribution is -1.88. The number of carbonyl (C=O) groups is 1. The minimum atomic E-state index is -0.245. The highest BCUT2D eigenvalue weighted by molar-refractivity contribution is 5.65. The molecule has 0 atom stereocenters. The van der Waals surface area contributed by atoms with Crippen LogP contribution in [0.2, 0.25) is 0 Å². The van der Waals surface area contributed by atoms with Crippen molar-refractivity contribution < 1.29 is 14.6 Å². The van der Waals surface area contributed by atoms with Crippen LogP contribution in [0.1, 0.15) is 52.9 Å². The van der Waals surface area contributed by atoms with Crippen molar-refractivity contribution >= 4 is 5.97 Å². The van der Waals surface area contributed by atoms with E-state index in [2.05, 4.69) is 18.6 Å². The van der Waals surface area contributed by atoms with Crippen molar-refractivity contribution in [1.82, 2.24) is 0 Å². The van der Waals surface area contributed by atoms with E-state index in [9.17, 15) is 4.79 Å². The van der Waals surface area contributed by atoms with E-state index >= 15 is 0 Å². The summed E-state index contributed by atoms with van der Waals surface area (Å²) in [5, 5.41) is 7.00. The second-order valence-corrected chi connectivity index (χ2v) is 2.76. The van der Waals surface area contributed by atoms with Crippen LogP contribution in [0.3, 0.4) is 0 Å². The molecule has 0 aromatic rings. The molecule has 0 aromatic carbocycles. The van der Waals surface area contributed by atoms with Gasteiger partial charge in [0, 0.05) is 14.0 Å². The Bertz CT molecular complexity index is 88.5. The number of esters is 1. The van der Waals surface area contributed by atoms with Crippen molar-refractivity contribution in [3.8, 4) is 0 Å². The zero-order chi connectivity index (χ0) is 11.8. The molecule has 0 fully saturated rings. The van der Waals surface area contributed by atoms with Crippen LogP contribution in [0.5, 0.6) is 0 Å². The second kappa shape index (κ2) is 22.9. The summed E-state index contributed by atoms with van der Waals surface area (Å²) < 4.78 is 4.11. The molecule has 0 radical (unpaired) electrons. The van der Waals surface area contributed by atoms with Gasteiger partial charge in [0.1, 0.15) is 0 Å². The zero-order valence-electron chi connectivity index (χ0n) is 10.3. The predicted octanol–water partition coefficient (Wildman–Crippen LogP) is 2.76. The third-order valence-electron chi connectivity index (χ3n) is 1.49. The number of aliphatic hydroxyl groups excluding tert-OH is 1. The number of rotatable bonds is 4. The molecule has 0 amide bonds. The molecule has 3 heteroatoms. The minimum absolute atomic E-state index is 0.245. The number of aliphatic hydroxyl groups is 1. The van der Waals surface area contributed by atoms with Crippen LogP contribution in [-0.2, 0) is 9.53 Å². The fourth-order valence-corrected chi connectivity index (χ4v) is 0.677. The molecule has 0 saturated heterocycles. The lowest BCUT2D eigenvalue weighted by atomic mass is 10.2. The number of hydrogen-bond donors (Lipinski definition) is 1. The van der Waals surface area contributed by atoms with Crippen molar-refractivity contribution in [1.29, 1.82) is 0 Å². The molecular weight excluding hydrogens is 180 g/mol. The monoisotopic (exact) mass is 206 g/mol. The normalized spacial score (nSPS) is 7.57. The maximum atomic E-state index is 9.59. The smallest absolute Gasteiger partial charge is 0.302 e. The number of methoxy groups -OCH3 is 1. The van der Waals surface area contributed by atoms with E-state index in [-0.39, 0.29) is 5.97 Å². The summed E-state index contributed by atoms with van der Waals surface area (Å²) in [6, 6.07) is 0. The largest absolute Gasteiger partial charge is 0.469 e. The van der Waals surface area contributed by atoms with Gasteiger partial charge >= 0.3 is 5.97 Å². The Labute approximate surface area is 88.5 Å². The third-order valence-corrected chi connectivity index (χ3v) is 1.49. The van der Waals surface area contributed by atoms with Gasteiger partial charge in [0.2, 0.25) is 0 Å². The fraction of sp³-hybridized carbons (Fsp3) is 0.909. The van der Waals surface area contributed by atoms with Gasteiger partial charge in [0.15, 0.2) is 0 Å². The summed E-state index contributed by atoms with van der Waals surface area (Å²) in [7, 11) is 2.35. The quantitative estimate of drug-likeness (QED) is 0.568. The van der Waals surface area contributed by atoms with Crippen LogP contribution in [0.4, 0.5) is 0 Å². The van der Waals surface area contributed by atoms with Gasteiger partial charge in [0.25, 0.3) is 0 Å². The molecular formula is C11H26O3. The molecule has 0 heterocycles. The first-order valence-corrected chi connectivity index (χ1v) is 5.18. The Balaban J connectivity index is -0.000000152. The molecule has 0 aromatic heterocycles. The molecule has 0 rings (SSSR count). The van der Waals surface area contributed by atoms with Gasteiger partial charge in [-0.25, -0.2) is 0 Å². The van der Waals surface area contributed by atoms with Crippen molar-refractivity contribution in [2.24, 2.45) is 0 Å². The van der Waals surface area contributed by atoms with Gasteiger partial charge in [-0.2, -0.15) is 0 Å². The van der Waals surface area contributed by atoms with Crippen molar-refractivity contribution in [3.05, 3.63) is 0 Å². The standard InChI is InChI=1S/C7H16.C3H6O2.CH4O/c1-3-5-7-6-4-2;1-3(4)5-2;1-2/h3-7H2,1-2H3;1-2H3;2H,1H3. The van der Waals surface area contributed by atoms with Crippen LogP contribution in [0, 0.1) is 0 Å². The highest BCUT2D eigenvalue weighted by atomic mass is 16.5. The highest BCUT2D eigenvalue weighted by Gasteiger charge is 1.80. The summed E-state index contributed by atoms with van der Waals surface area (Å²) in [6.45, 7) is 5.85. The van der Waals surface area contributed by atoms with E-state index in [1.165, 1.54) is 46.1 Å². The minimum Gasteiger partial charge on any atom is -0.469 e. The topological polar surface area (TPSA) is 46.5 Å². The maximum Gasteiger partial charge on any atom is 0.302 e. The number of hydrogen-bond acceptors (Lipinski definition) is 3. The molecule has 0 saturated carbocycles. The molecule has 0 spiro atoms. The first-order chi connectivity index (χ1) is 6.68. The van der Waals surface area contributed by atoms with Crippen molar-refractivity contribution in [2.75, 3.05) is 14.2 Å². The van der Waals surface area contributed by atoms with E-state index < -0.39 is 0 Å². The molecule has 0 unspecified atom stereocenters. The Hall–Kier alpha value is -0.570. The van der Waals surface area contributed by atoms with E-state index in [1.54, 1.807) is 0 Å². The van der Waals surface area contributed by atoms with Crippen LogP contribution in [-0.4, -0.2) is 25.3 Å². The molecule has 14 heavy (non-hydrogen) atoms. The van der Waals surface area contributed by atoms with Crippen LogP contribution >= 0.6 is 0 Å². The summed E-state index contributed by atoms with van der Waals surface area (Å²) in [5.41, 5.74) is 0. The number of unbranched alkanes of at least 4 members (excludes halogenated alkanes) is 4. The van der Waals surface area contributed by atoms with E-state index in [0.717, 1.165) is 7.11 Å². The first-order valence-electron chi connectivity index (χ1n) is 5.18. The van der Waals surface area contributed by atoms with Crippen molar-refractivity contribution in [2.45, 2.75) is 52.9 Å². The average molecular weight is 206 g/mol. The maximum absolute atomic E-state index is 9.59. The van der Waals surface area contributed by atoms with Gasteiger partial charge in [-0.3, -0.25) is 4.79 Å². The molecule has 0 aliphatic heterocycles. The fourth-order valence-electron chi connectivity index (χ4n) is 0.677. The Kier molecular flexibility index (Phi) is 31.1. The zero-order valence-corrected chi connectivity index (χ0v) is 10.3. The average Bonchev–Trinajstić information content (AvgIpc) is 2.22.